The van der Waals surface area contributed by atoms with Crippen LogP contribution in [-0.4, -0.2) is 25.8 Å². The van der Waals surface area contributed by atoms with Gasteiger partial charge in [0, 0.05) is 19.2 Å². The van der Waals surface area contributed by atoms with Crippen LogP contribution in [0.25, 0.3) is 0 Å². The van der Waals surface area contributed by atoms with Crippen molar-refractivity contribution in [1.29, 1.82) is 0 Å². The second-order valence-electron chi connectivity index (χ2n) is 5.13. The monoisotopic (exact) mass is 211 g/mol. The zero-order chi connectivity index (χ0) is 10.3. The van der Waals surface area contributed by atoms with Gasteiger partial charge in [0.1, 0.15) is 0 Å². The lowest BCUT2D eigenvalue weighted by Crippen LogP contribution is -2.33. The molecule has 0 saturated heterocycles. The van der Waals surface area contributed by atoms with Gasteiger partial charge >= 0.3 is 0 Å². The van der Waals surface area contributed by atoms with Gasteiger partial charge in [-0.05, 0) is 25.2 Å². The fourth-order valence-corrected chi connectivity index (χ4v) is 2.40. The van der Waals surface area contributed by atoms with Crippen LogP contribution in [0.2, 0.25) is 0 Å². The third-order valence-electron chi connectivity index (χ3n) is 3.65. The Morgan fingerprint density at radius 2 is 1.73 bits per heavy atom. The summed E-state index contributed by atoms with van der Waals surface area (Å²) >= 11 is 0. The molecule has 2 saturated carbocycles. The third kappa shape index (κ3) is 4.98. The summed E-state index contributed by atoms with van der Waals surface area (Å²) in [7, 11) is 0. The molecule has 0 aromatic heterocycles. The molecule has 1 N–H and O–H groups in total. The average molecular weight is 211 g/mol. The zero-order valence-electron chi connectivity index (χ0n) is 9.84. The van der Waals surface area contributed by atoms with Crippen LogP contribution in [0.3, 0.4) is 0 Å². The van der Waals surface area contributed by atoms with E-state index in [0.29, 0.717) is 0 Å². The predicted molar refractivity (Wildman–Crippen MR) is 63.0 cm³/mol. The number of ether oxygens (including phenoxy) is 1. The van der Waals surface area contributed by atoms with Gasteiger partial charge in [-0.25, -0.2) is 0 Å². The molecule has 0 amide bonds. The number of hydrogen-bond donors (Lipinski definition) is 1. The molecule has 0 heterocycles. The van der Waals surface area contributed by atoms with E-state index in [2.05, 4.69) is 5.32 Å². The number of hydrogen-bond acceptors (Lipinski definition) is 2. The molecule has 0 unspecified atom stereocenters. The third-order valence-corrected chi connectivity index (χ3v) is 3.65. The fourth-order valence-electron chi connectivity index (χ4n) is 2.40. The Hall–Kier alpha value is -0.0800. The van der Waals surface area contributed by atoms with E-state index in [1.165, 1.54) is 51.4 Å². The number of rotatable bonds is 7. The van der Waals surface area contributed by atoms with E-state index in [4.69, 9.17) is 4.74 Å². The Bertz CT molecular complexity index is 162. The molecule has 2 aliphatic rings. The van der Waals surface area contributed by atoms with Crippen LogP contribution in [0.15, 0.2) is 0 Å². The van der Waals surface area contributed by atoms with Gasteiger partial charge in [0.05, 0.1) is 6.61 Å². The summed E-state index contributed by atoms with van der Waals surface area (Å²) in [4.78, 5) is 0. The van der Waals surface area contributed by atoms with Crippen LogP contribution >= 0.6 is 0 Å². The summed E-state index contributed by atoms with van der Waals surface area (Å²) in [5, 5.41) is 3.60. The van der Waals surface area contributed by atoms with Gasteiger partial charge in [-0.3, -0.25) is 0 Å². The first-order valence-corrected chi connectivity index (χ1v) is 6.76. The maximum Gasteiger partial charge on any atom is 0.0591 e. The summed E-state index contributed by atoms with van der Waals surface area (Å²) in [6.45, 7) is 2.94. The minimum absolute atomic E-state index is 0.783. The van der Waals surface area contributed by atoms with Crippen LogP contribution in [-0.2, 0) is 4.74 Å². The molecule has 2 fully saturated rings. The first-order chi connectivity index (χ1) is 7.45. The average Bonchev–Trinajstić information content (AvgIpc) is 3.09. The standard InChI is InChI=1S/C13H25NO/c1-2-4-13(5-3-1)14-9-11-15-10-8-12-6-7-12/h12-14H,1-11H2. The van der Waals surface area contributed by atoms with Crippen molar-refractivity contribution in [1.82, 2.24) is 5.32 Å². The maximum atomic E-state index is 5.61. The summed E-state index contributed by atoms with van der Waals surface area (Å²) < 4.78 is 5.61. The largest absolute Gasteiger partial charge is 0.380 e. The topological polar surface area (TPSA) is 21.3 Å². The maximum absolute atomic E-state index is 5.61. The highest BCUT2D eigenvalue weighted by Gasteiger charge is 2.20. The highest BCUT2D eigenvalue weighted by atomic mass is 16.5. The van der Waals surface area contributed by atoms with Crippen molar-refractivity contribution in [3.63, 3.8) is 0 Å². The summed E-state index contributed by atoms with van der Waals surface area (Å²) in [5.41, 5.74) is 0. The molecule has 0 aliphatic heterocycles. The Kier molecular flexibility index (Phi) is 4.94. The van der Waals surface area contributed by atoms with Crippen molar-refractivity contribution in [3.05, 3.63) is 0 Å². The Morgan fingerprint density at radius 3 is 2.47 bits per heavy atom. The van der Waals surface area contributed by atoms with Crippen LogP contribution in [0.4, 0.5) is 0 Å². The molecule has 2 aliphatic carbocycles. The Labute approximate surface area is 93.8 Å². The lowest BCUT2D eigenvalue weighted by molar-refractivity contribution is 0.126. The minimum Gasteiger partial charge on any atom is -0.380 e. The van der Waals surface area contributed by atoms with Crippen LogP contribution in [0.5, 0.6) is 0 Å². The molecule has 0 radical (unpaired) electrons. The fraction of sp³-hybridized carbons (Fsp3) is 1.00. The first kappa shape index (κ1) is 11.4. The van der Waals surface area contributed by atoms with Crippen LogP contribution in [0.1, 0.15) is 51.4 Å². The van der Waals surface area contributed by atoms with E-state index >= 15 is 0 Å². The minimum atomic E-state index is 0.783. The molecule has 0 bridgehead atoms. The van der Waals surface area contributed by atoms with E-state index in [-0.39, 0.29) is 0 Å². The molecule has 2 nitrogen and oxygen atoms in total. The van der Waals surface area contributed by atoms with E-state index in [1.807, 2.05) is 0 Å². The molecule has 0 spiro atoms. The second-order valence-corrected chi connectivity index (χ2v) is 5.13. The van der Waals surface area contributed by atoms with E-state index < -0.39 is 0 Å². The molecular formula is C13H25NO. The Balaban J connectivity index is 1.37. The summed E-state index contributed by atoms with van der Waals surface area (Å²) in [5.74, 6) is 1.01. The highest BCUT2D eigenvalue weighted by Crippen LogP contribution is 2.31. The predicted octanol–water partition coefficient (Wildman–Crippen LogP) is 2.73. The van der Waals surface area contributed by atoms with Crippen molar-refractivity contribution < 1.29 is 4.74 Å². The van der Waals surface area contributed by atoms with Crippen molar-refractivity contribution in [2.24, 2.45) is 5.92 Å². The highest BCUT2D eigenvalue weighted by molar-refractivity contribution is 4.73. The molecule has 0 atom stereocenters. The van der Waals surface area contributed by atoms with Crippen molar-refractivity contribution in [2.75, 3.05) is 19.8 Å². The summed E-state index contributed by atoms with van der Waals surface area (Å²) in [6.07, 6.45) is 11.2. The van der Waals surface area contributed by atoms with Crippen LogP contribution < -0.4 is 5.32 Å². The lowest BCUT2D eigenvalue weighted by Gasteiger charge is -2.22. The molecule has 0 aromatic rings. The zero-order valence-corrected chi connectivity index (χ0v) is 9.84. The van der Waals surface area contributed by atoms with E-state index in [9.17, 15) is 0 Å². The molecule has 15 heavy (non-hydrogen) atoms. The second kappa shape index (κ2) is 6.49. The molecular weight excluding hydrogens is 186 g/mol. The van der Waals surface area contributed by atoms with Gasteiger partial charge in [-0.15, -0.1) is 0 Å². The van der Waals surface area contributed by atoms with Gasteiger partial charge in [-0.2, -0.15) is 0 Å². The van der Waals surface area contributed by atoms with E-state index in [1.54, 1.807) is 0 Å². The molecule has 88 valence electrons. The van der Waals surface area contributed by atoms with Crippen molar-refractivity contribution in [2.45, 2.75) is 57.4 Å². The van der Waals surface area contributed by atoms with Gasteiger partial charge in [-0.1, -0.05) is 32.1 Å². The van der Waals surface area contributed by atoms with Crippen LogP contribution in [0, 0.1) is 5.92 Å². The quantitative estimate of drug-likeness (QED) is 0.654. The SMILES string of the molecule is C1CCC(NCCOCCC2CC2)CC1. The smallest absolute Gasteiger partial charge is 0.0591 e. The lowest BCUT2D eigenvalue weighted by atomic mass is 9.96. The molecule has 0 aromatic carbocycles. The Morgan fingerprint density at radius 1 is 0.933 bits per heavy atom. The molecule has 2 heteroatoms. The van der Waals surface area contributed by atoms with Crippen molar-refractivity contribution in [3.8, 4) is 0 Å². The molecule has 2 rings (SSSR count). The normalized spacial score (nSPS) is 23.2. The van der Waals surface area contributed by atoms with Gasteiger partial charge in [0.25, 0.3) is 0 Å². The van der Waals surface area contributed by atoms with Gasteiger partial charge in [0.2, 0.25) is 0 Å². The first-order valence-electron chi connectivity index (χ1n) is 6.76. The van der Waals surface area contributed by atoms with Gasteiger partial charge < -0.3 is 10.1 Å². The van der Waals surface area contributed by atoms with Gasteiger partial charge in [0.15, 0.2) is 0 Å². The van der Waals surface area contributed by atoms with E-state index in [0.717, 1.165) is 31.7 Å². The summed E-state index contributed by atoms with van der Waals surface area (Å²) in [6, 6.07) is 0.783. The van der Waals surface area contributed by atoms with Crippen molar-refractivity contribution >= 4 is 0 Å². The number of nitrogens with one attached hydrogen (secondary N) is 1.